The van der Waals surface area contributed by atoms with Gasteiger partial charge in [-0.2, -0.15) is 5.10 Å². The third-order valence-corrected chi connectivity index (χ3v) is 4.35. The Hall–Kier alpha value is -2.76. The number of aromatic nitrogens is 4. The Morgan fingerprint density at radius 3 is 2.79 bits per heavy atom. The molecule has 0 fully saturated rings. The van der Waals surface area contributed by atoms with Crippen molar-refractivity contribution in [3.05, 3.63) is 58.5 Å². The minimum absolute atomic E-state index is 0.0402. The van der Waals surface area contributed by atoms with Crippen molar-refractivity contribution in [3.8, 4) is 0 Å². The van der Waals surface area contributed by atoms with Crippen molar-refractivity contribution >= 4 is 11.6 Å². The first-order valence-electron chi connectivity index (χ1n) is 8.03. The number of nitrogens with one attached hydrogen (secondary N) is 1. The van der Waals surface area contributed by atoms with Gasteiger partial charge in [-0.1, -0.05) is 24.3 Å². The molecule has 0 atom stereocenters. The van der Waals surface area contributed by atoms with Crippen molar-refractivity contribution in [2.75, 3.05) is 0 Å². The molecule has 2 heterocycles. The number of carbonyl (C=O) groups is 1. The van der Waals surface area contributed by atoms with Crippen LogP contribution >= 0.6 is 0 Å². The Bertz CT molecular complexity index is 884. The van der Waals surface area contributed by atoms with E-state index in [9.17, 15) is 4.79 Å². The third-order valence-electron chi connectivity index (χ3n) is 4.35. The van der Waals surface area contributed by atoms with Crippen molar-refractivity contribution in [2.45, 2.75) is 40.2 Å². The summed E-state index contributed by atoms with van der Waals surface area (Å²) in [6.45, 7) is 6.56. The lowest BCUT2D eigenvalue weighted by Crippen LogP contribution is -2.23. The van der Waals surface area contributed by atoms with Gasteiger partial charge in [-0.25, -0.2) is 4.52 Å². The Kier molecular flexibility index (Phi) is 4.55. The van der Waals surface area contributed by atoms with E-state index < -0.39 is 0 Å². The fourth-order valence-electron chi connectivity index (χ4n) is 2.88. The number of nitrogens with zero attached hydrogens (tertiary/aromatic N) is 4. The Morgan fingerprint density at radius 2 is 2.00 bits per heavy atom. The first-order valence-corrected chi connectivity index (χ1v) is 8.03. The molecule has 24 heavy (non-hydrogen) atoms. The molecule has 0 aliphatic heterocycles. The SMILES string of the molecule is Cc1ccccc1CNC(=O)CCc1c(C)nn2cnnc2c1C. The summed E-state index contributed by atoms with van der Waals surface area (Å²) >= 11 is 0. The number of rotatable bonds is 5. The molecule has 1 amide bonds. The normalized spacial score (nSPS) is 11.0. The molecule has 0 saturated carbocycles. The van der Waals surface area contributed by atoms with E-state index in [1.54, 1.807) is 10.8 Å². The molecule has 0 aliphatic carbocycles. The van der Waals surface area contributed by atoms with E-state index in [1.165, 1.54) is 5.56 Å². The summed E-state index contributed by atoms with van der Waals surface area (Å²) in [5.74, 6) is 0.0402. The maximum absolute atomic E-state index is 12.2. The van der Waals surface area contributed by atoms with E-state index in [-0.39, 0.29) is 5.91 Å². The van der Waals surface area contributed by atoms with Gasteiger partial charge in [0, 0.05) is 18.5 Å². The quantitative estimate of drug-likeness (QED) is 0.782. The third kappa shape index (κ3) is 3.27. The average molecular weight is 323 g/mol. The molecule has 2 aromatic heterocycles. The van der Waals surface area contributed by atoms with Crippen LogP contribution in [0.25, 0.3) is 5.65 Å². The van der Waals surface area contributed by atoms with Crippen molar-refractivity contribution in [1.82, 2.24) is 25.1 Å². The van der Waals surface area contributed by atoms with Crippen molar-refractivity contribution in [1.29, 1.82) is 0 Å². The van der Waals surface area contributed by atoms with Crippen LogP contribution in [0.5, 0.6) is 0 Å². The number of amides is 1. The van der Waals surface area contributed by atoms with Crippen molar-refractivity contribution in [2.24, 2.45) is 0 Å². The second-order valence-electron chi connectivity index (χ2n) is 5.99. The van der Waals surface area contributed by atoms with Gasteiger partial charge in [-0.05, 0) is 43.9 Å². The lowest BCUT2D eigenvalue weighted by atomic mass is 10.0. The van der Waals surface area contributed by atoms with Gasteiger partial charge in [-0.3, -0.25) is 4.79 Å². The summed E-state index contributed by atoms with van der Waals surface area (Å²) < 4.78 is 1.67. The summed E-state index contributed by atoms with van der Waals surface area (Å²) in [5.41, 5.74) is 6.09. The molecule has 0 saturated heterocycles. The second kappa shape index (κ2) is 6.78. The zero-order chi connectivity index (χ0) is 17.1. The van der Waals surface area contributed by atoms with Gasteiger partial charge < -0.3 is 5.32 Å². The minimum atomic E-state index is 0.0402. The number of fused-ring (bicyclic) bond motifs is 1. The summed E-state index contributed by atoms with van der Waals surface area (Å²) in [4.78, 5) is 12.2. The fourth-order valence-corrected chi connectivity index (χ4v) is 2.88. The molecule has 0 radical (unpaired) electrons. The predicted octanol–water partition coefficient (Wildman–Crippen LogP) is 2.30. The summed E-state index contributed by atoms with van der Waals surface area (Å²) in [6, 6.07) is 8.07. The summed E-state index contributed by atoms with van der Waals surface area (Å²) in [7, 11) is 0. The van der Waals surface area contributed by atoms with Crippen LogP contribution in [0.3, 0.4) is 0 Å². The summed E-state index contributed by atoms with van der Waals surface area (Å²) in [5, 5.41) is 15.4. The molecule has 6 nitrogen and oxygen atoms in total. The molecule has 0 unspecified atom stereocenters. The van der Waals surface area contributed by atoms with E-state index >= 15 is 0 Å². The zero-order valence-electron chi connectivity index (χ0n) is 14.2. The molecule has 0 bridgehead atoms. The number of hydrogen-bond acceptors (Lipinski definition) is 4. The van der Waals surface area contributed by atoms with Gasteiger partial charge in [-0.15, -0.1) is 10.2 Å². The van der Waals surface area contributed by atoms with Crippen LogP contribution in [-0.4, -0.2) is 25.7 Å². The van der Waals surface area contributed by atoms with Crippen molar-refractivity contribution < 1.29 is 4.79 Å². The Balaban J connectivity index is 1.63. The lowest BCUT2D eigenvalue weighted by Gasteiger charge is -2.11. The zero-order valence-corrected chi connectivity index (χ0v) is 14.2. The van der Waals surface area contributed by atoms with Crippen LogP contribution in [0.1, 0.15) is 34.4 Å². The maximum Gasteiger partial charge on any atom is 0.220 e. The Morgan fingerprint density at radius 1 is 1.21 bits per heavy atom. The second-order valence-corrected chi connectivity index (χ2v) is 5.99. The van der Waals surface area contributed by atoms with Crippen LogP contribution in [0.2, 0.25) is 0 Å². The van der Waals surface area contributed by atoms with E-state index in [0.29, 0.717) is 19.4 Å². The van der Waals surface area contributed by atoms with E-state index in [0.717, 1.165) is 28.0 Å². The number of benzene rings is 1. The molecule has 3 aromatic rings. The number of aryl methyl sites for hydroxylation is 3. The number of hydrogen-bond donors (Lipinski definition) is 1. The highest BCUT2D eigenvalue weighted by molar-refractivity contribution is 5.76. The first kappa shape index (κ1) is 16.1. The lowest BCUT2D eigenvalue weighted by molar-refractivity contribution is -0.121. The molecular formula is C18H21N5O. The largest absolute Gasteiger partial charge is 0.352 e. The van der Waals surface area contributed by atoms with Crippen LogP contribution in [0, 0.1) is 20.8 Å². The molecule has 0 spiro atoms. The monoisotopic (exact) mass is 323 g/mol. The van der Waals surface area contributed by atoms with Crippen molar-refractivity contribution in [3.63, 3.8) is 0 Å². The van der Waals surface area contributed by atoms with Gasteiger partial charge in [0.1, 0.15) is 6.33 Å². The average Bonchev–Trinajstić information content (AvgIpc) is 3.02. The smallest absolute Gasteiger partial charge is 0.220 e. The molecule has 6 heteroatoms. The molecular weight excluding hydrogens is 302 g/mol. The van der Waals surface area contributed by atoms with Gasteiger partial charge in [0.2, 0.25) is 5.91 Å². The molecule has 124 valence electrons. The molecule has 3 rings (SSSR count). The van der Waals surface area contributed by atoms with Crippen LogP contribution in [0.4, 0.5) is 0 Å². The van der Waals surface area contributed by atoms with Gasteiger partial charge in [0.25, 0.3) is 0 Å². The molecule has 1 aromatic carbocycles. The van der Waals surface area contributed by atoms with E-state index in [1.807, 2.05) is 45.0 Å². The molecule has 0 aliphatic rings. The van der Waals surface area contributed by atoms with Gasteiger partial charge in [0.15, 0.2) is 5.65 Å². The first-order chi connectivity index (χ1) is 11.6. The standard InChI is InChI=1S/C18H21N5O/c1-12-6-4-5-7-15(12)10-19-17(24)9-8-16-13(2)18-21-20-11-23(18)22-14(16)3/h4-7,11H,8-10H2,1-3H3,(H,19,24). The van der Waals surface area contributed by atoms with Crippen LogP contribution in [-0.2, 0) is 17.8 Å². The van der Waals surface area contributed by atoms with E-state index in [2.05, 4.69) is 20.6 Å². The van der Waals surface area contributed by atoms with Crippen LogP contribution in [0.15, 0.2) is 30.6 Å². The predicted molar refractivity (Wildman–Crippen MR) is 91.6 cm³/mol. The highest BCUT2D eigenvalue weighted by Gasteiger charge is 2.12. The Labute approximate surface area is 140 Å². The highest BCUT2D eigenvalue weighted by atomic mass is 16.1. The molecule has 1 N–H and O–H groups in total. The fraction of sp³-hybridized carbons (Fsp3) is 0.333. The summed E-state index contributed by atoms with van der Waals surface area (Å²) in [6.07, 6.45) is 2.67. The van der Waals surface area contributed by atoms with E-state index in [4.69, 9.17) is 0 Å². The van der Waals surface area contributed by atoms with Crippen LogP contribution < -0.4 is 5.32 Å². The topological polar surface area (TPSA) is 72.2 Å². The van der Waals surface area contributed by atoms with Gasteiger partial charge >= 0.3 is 0 Å². The highest BCUT2D eigenvalue weighted by Crippen LogP contribution is 2.17. The van der Waals surface area contributed by atoms with Gasteiger partial charge in [0.05, 0.1) is 5.69 Å². The number of carbonyl (C=O) groups excluding carboxylic acids is 1. The minimum Gasteiger partial charge on any atom is -0.352 e. The maximum atomic E-state index is 12.2.